The average molecular weight is 160 g/mol. The molecule has 0 aliphatic carbocycles. The highest BCUT2D eigenvalue weighted by molar-refractivity contribution is 5.77. The smallest absolute Gasteiger partial charge is 0.322 e. The second-order valence-corrected chi connectivity index (χ2v) is 2.35. The van der Waals surface area contributed by atoms with Crippen molar-refractivity contribution in [2.45, 2.75) is 25.9 Å². The van der Waals surface area contributed by atoms with Gasteiger partial charge in [-0.25, -0.2) is 0 Å². The van der Waals surface area contributed by atoms with Crippen molar-refractivity contribution in [1.82, 2.24) is 5.32 Å². The van der Waals surface area contributed by atoms with Crippen molar-refractivity contribution in [3.05, 3.63) is 0 Å². The molecule has 0 aliphatic heterocycles. The molecular weight excluding hydrogens is 148 g/mol. The molecule has 1 amide bonds. The number of hydrogen-bond acceptors (Lipinski definition) is 3. The standard InChI is InChI=1S/C6H12N2O3/c1-3(8-4(2)9)5(7)6(10)11/h3,5H,7H2,1-2H3,(H,8,9)(H,10,11)/t3-,5-/m0/s1. The number of carboxylic acid groups (broad SMARTS) is 1. The summed E-state index contributed by atoms with van der Waals surface area (Å²) in [6.07, 6.45) is 0. The molecule has 0 rings (SSSR count). The lowest BCUT2D eigenvalue weighted by Gasteiger charge is -2.15. The van der Waals surface area contributed by atoms with E-state index >= 15 is 0 Å². The molecule has 2 atom stereocenters. The van der Waals surface area contributed by atoms with E-state index in [0.717, 1.165) is 0 Å². The average Bonchev–Trinajstić information content (AvgIpc) is 1.84. The van der Waals surface area contributed by atoms with Crippen LogP contribution in [-0.2, 0) is 9.59 Å². The van der Waals surface area contributed by atoms with Crippen molar-refractivity contribution in [1.29, 1.82) is 0 Å². The highest BCUT2D eigenvalue weighted by Gasteiger charge is 2.19. The summed E-state index contributed by atoms with van der Waals surface area (Å²) < 4.78 is 0. The highest BCUT2D eigenvalue weighted by atomic mass is 16.4. The van der Waals surface area contributed by atoms with Gasteiger partial charge in [0.25, 0.3) is 0 Å². The number of rotatable bonds is 3. The van der Waals surface area contributed by atoms with Gasteiger partial charge in [-0.1, -0.05) is 0 Å². The Balaban J connectivity index is 3.92. The van der Waals surface area contributed by atoms with E-state index in [4.69, 9.17) is 10.8 Å². The van der Waals surface area contributed by atoms with Gasteiger partial charge in [0.05, 0.1) is 6.04 Å². The van der Waals surface area contributed by atoms with Crippen LogP contribution in [0.25, 0.3) is 0 Å². The number of aliphatic carboxylic acids is 1. The summed E-state index contributed by atoms with van der Waals surface area (Å²) in [6.45, 7) is 2.85. The Morgan fingerprint density at radius 2 is 2.00 bits per heavy atom. The lowest BCUT2D eigenvalue weighted by Crippen LogP contribution is -2.49. The molecule has 0 aromatic rings. The molecule has 0 radical (unpaired) electrons. The van der Waals surface area contributed by atoms with Crippen molar-refractivity contribution >= 4 is 11.9 Å². The molecule has 11 heavy (non-hydrogen) atoms. The first-order chi connectivity index (χ1) is 4.95. The molecule has 0 bridgehead atoms. The molecule has 0 saturated carbocycles. The molecule has 0 saturated heterocycles. The van der Waals surface area contributed by atoms with E-state index in [0.29, 0.717) is 0 Å². The lowest BCUT2D eigenvalue weighted by molar-refractivity contribution is -0.139. The van der Waals surface area contributed by atoms with E-state index in [1.54, 1.807) is 6.92 Å². The summed E-state index contributed by atoms with van der Waals surface area (Å²) in [6, 6.07) is -1.58. The Bertz CT molecular complexity index is 169. The van der Waals surface area contributed by atoms with Gasteiger partial charge in [-0.05, 0) is 6.92 Å². The molecule has 0 aliphatic rings. The number of hydrogen-bond donors (Lipinski definition) is 3. The van der Waals surface area contributed by atoms with E-state index in [9.17, 15) is 9.59 Å². The third-order valence-electron chi connectivity index (χ3n) is 1.25. The first-order valence-corrected chi connectivity index (χ1v) is 3.20. The summed E-state index contributed by atoms with van der Waals surface area (Å²) in [5.41, 5.74) is 5.19. The van der Waals surface area contributed by atoms with Gasteiger partial charge in [0.15, 0.2) is 0 Å². The fraction of sp³-hybridized carbons (Fsp3) is 0.667. The normalized spacial score (nSPS) is 15.2. The Kier molecular flexibility index (Phi) is 3.53. The summed E-state index contributed by atoms with van der Waals surface area (Å²) in [5, 5.41) is 10.8. The third kappa shape index (κ3) is 3.57. The fourth-order valence-corrected chi connectivity index (χ4v) is 0.624. The predicted molar refractivity (Wildman–Crippen MR) is 38.9 cm³/mol. The molecule has 0 fully saturated rings. The van der Waals surface area contributed by atoms with Crippen molar-refractivity contribution in [3.63, 3.8) is 0 Å². The second kappa shape index (κ2) is 3.92. The fourth-order valence-electron chi connectivity index (χ4n) is 0.624. The van der Waals surface area contributed by atoms with E-state index < -0.39 is 18.1 Å². The zero-order valence-electron chi connectivity index (χ0n) is 6.50. The third-order valence-corrected chi connectivity index (χ3v) is 1.25. The largest absolute Gasteiger partial charge is 0.480 e. The predicted octanol–water partition coefficient (Wildman–Crippen LogP) is -1.08. The van der Waals surface area contributed by atoms with Crippen LogP contribution >= 0.6 is 0 Å². The van der Waals surface area contributed by atoms with Gasteiger partial charge in [-0.3, -0.25) is 9.59 Å². The molecule has 0 spiro atoms. The van der Waals surface area contributed by atoms with Gasteiger partial charge in [-0.15, -0.1) is 0 Å². The van der Waals surface area contributed by atoms with Crippen LogP contribution < -0.4 is 11.1 Å². The zero-order chi connectivity index (χ0) is 9.02. The SMILES string of the molecule is CC(=O)N[C@@H](C)[C@H](N)C(=O)O. The number of nitrogens with two attached hydrogens (primary N) is 1. The first kappa shape index (κ1) is 9.90. The number of carbonyl (C=O) groups excluding carboxylic acids is 1. The van der Waals surface area contributed by atoms with Crippen molar-refractivity contribution < 1.29 is 14.7 Å². The number of carbonyl (C=O) groups is 2. The Morgan fingerprint density at radius 1 is 1.55 bits per heavy atom. The number of carboxylic acids is 1. The van der Waals surface area contributed by atoms with E-state index in [-0.39, 0.29) is 5.91 Å². The summed E-state index contributed by atoms with van der Waals surface area (Å²) in [4.78, 5) is 20.7. The summed E-state index contributed by atoms with van der Waals surface area (Å²) >= 11 is 0. The molecule has 5 heteroatoms. The van der Waals surface area contributed by atoms with E-state index in [2.05, 4.69) is 5.32 Å². The summed E-state index contributed by atoms with van der Waals surface area (Å²) in [7, 11) is 0. The van der Waals surface area contributed by atoms with Crippen LogP contribution in [0.2, 0.25) is 0 Å². The van der Waals surface area contributed by atoms with Gasteiger partial charge in [0.1, 0.15) is 6.04 Å². The number of nitrogens with one attached hydrogen (secondary N) is 1. The van der Waals surface area contributed by atoms with Crippen LogP contribution in [-0.4, -0.2) is 29.1 Å². The molecule has 64 valence electrons. The van der Waals surface area contributed by atoms with Crippen LogP contribution in [0.3, 0.4) is 0 Å². The second-order valence-electron chi connectivity index (χ2n) is 2.35. The van der Waals surface area contributed by atoms with Crippen molar-refractivity contribution in [2.24, 2.45) is 5.73 Å². The molecule has 0 heterocycles. The molecular formula is C6H12N2O3. The first-order valence-electron chi connectivity index (χ1n) is 3.20. The van der Waals surface area contributed by atoms with E-state index in [1.807, 2.05) is 0 Å². The van der Waals surface area contributed by atoms with Gasteiger partial charge in [0.2, 0.25) is 5.91 Å². The highest BCUT2D eigenvalue weighted by Crippen LogP contribution is 1.88. The molecule has 5 nitrogen and oxygen atoms in total. The molecule has 0 aromatic heterocycles. The Morgan fingerprint density at radius 3 is 2.27 bits per heavy atom. The van der Waals surface area contributed by atoms with Crippen LogP contribution in [0.15, 0.2) is 0 Å². The van der Waals surface area contributed by atoms with Crippen molar-refractivity contribution in [2.75, 3.05) is 0 Å². The zero-order valence-corrected chi connectivity index (χ0v) is 6.50. The van der Waals surface area contributed by atoms with E-state index in [1.165, 1.54) is 6.92 Å². The van der Waals surface area contributed by atoms with Crippen LogP contribution in [0, 0.1) is 0 Å². The van der Waals surface area contributed by atoms with Crippen LogP contribution in [0.1, 0.15) is 13.8 Å². The maximum absolute atomic E-state index is 10.4. The number of amides is 1. The quantitative estimate of drug-likeness (QED) is 0.489. The van der Waals surface area contributed by atoms with Crippen LogP contribution in [0.4, 0.5) is 0 Å². The summed E-state index contributed by atoms with van der Waals surface area (Å²) in [5.74, 6) is -1.40. The van der Waals surface area contributed by atoms with Crippen molar-refractivity contribution in [3.8, 4) is 0 Å². The van der Waals surface area contributed by atoms with Gasteiger partial charge in [0, 0.05) is 6.92 Å². The van der Waals surface area contributed by atoms with Crippen LogP contribution in [0.5, 0.6) is 0 Å². The minimum Gasteiger partial charge on any atom is -0.480 e. The van der Waals surface area contributed by atoms with Gasteiger partial charge < -0.3 is 16.2 Å². The Labute approximate surface area is 64.6 Å². The van der Waals surface area contributed by atoms with Gasteiger partial charge in [-0.2, -0.15) is 0 Å². The minimum atomic E-state index is -1.12. The monoisotopic (exact) mass is 160 g/mol. The molecule has 0 unspecified atom stereocenters. The molecule has 4 N–H and O–H groups in total. The Hall–Kier alpha value is -1.10. The lowest BCUT2D eigenvalue weighted by atomic mass is 10.1. The molecule has 0 aromatic carbocycles. The maximum atomic E-state index is 10.4. The van der Waals surface area contributed by atoms with Gasteiger partial charge >= 0.3 is 5.97 Å². The topological polar surface area (TPSA) is 92.4 Å². The minimum absolute atomic E-state index is 0.283. The maximum Gasteiger partial charge on any atom is 0.322 e.